The van der Waals surface area contributed by atoms with Crippen molar-refractivity contribution >= 4 is 5.97 Å². The fraction of sp³-hybridized carbons (Fsp3) is 0.960. The normalized spacial score (nSPS) is 48.9. The van der Waals surface area contributed by atoms with Crippen LogP contribution in [0.25, 0.3) is 0 Å². The molecule has 3 heteroatoms. The van der Waals surface area contributed by atoms with E-state index in [4.69, 9.17) is 4.74 Å². The van der Waals surface area contributed by atoms with Gasteiger partial charge in [0.1, 0.15) is 0 Å². The third kappa shape index (κ3) is 3.06. The maximum atomic E-state index is 11.6. The van der Waals surface area contributed by atoms with Gasteiger partial charge in [-0.25, -0.2) is 0 Å². The van der Waals surface area contributed by atoms with E-state index < -0.39 is 0 Å². The molecule has 0 heterocycles. The van der Waals surface area contributed by atoms with Crippen molar-refractivity contribution < 1.29 is 14.6 Å². The zero-order valence-electron chi connectivity index (χ0n) is 18.6. The average molecular weight is 391 g/mol. The molecule has 0 aromatic carbocycles. The number of methoxy groups -OCH3 is 1. The SMILES string of the molecule is COC(=O)CC[C@@H](C)[C@@H]1CC[C@@H]2[C@@H]3CC[C@@H]4CCCC[C@]4(C)[C@H]3C[C@H](O)[C@]21C. The van der Waals surface area contributed by atoms with Crippen molar-refractivity contribution in [2.24, 2.45) is 46.3 Å². The van der Waals surface area contributed by atoms with E-state index in [9.17, 15) is 9.90 Å². The highest BCUT2D eigenvalue weighted by atomic mass is 16.5. The van der Waals surface area contributed by atoms with Gasteiger partial charge in [0.15, 0.2) is 0 Å². The monoisotopic (exact) mass is 390 g/mol. The fourth-order valence-electron chi connectivity index (χ4n) is 8.87. The lowest BCUT2D eigenvalue weighted by molar-refractivity contribution is -0.168. The summed E-state index contributed by atoms with van der Waals surface area (Å²) < 4.78 is 4.86. The molecule has 0 amide bonds. The molecule has 4 aliphatic carbocycles. The molecule has 0 radical (unpaired) electrons. The van der Waals surface area contributed by atoms with E-state index in [-0.39, 0.29) is 17.5 Å². The van der Waals surface area contributed by atoms with Gasteiger partial charge >= 0.3 is 5.97 Å². The molecule has 9 atom stereocenters. The Hall–Kier alpha value is -0.570. The molecule has 0 aromatic rings. The first-order chi connectivity index (χ1) is 13.3. The second-order valence-electron chi connectivity index (χ2n) is 11.3. The van der Waals surface area contributed by atoms with E-state index >= 15 is 0 Å². The average Bonchev–Trinajstić information content (AvgIpc) is 3.05. The molecule has 4 aliphatic rings. The summed E-state index contributed by atoms with van der Waals surface area (Å²) in [6.07, 6.45) is 13.2. The van der Waals surface area contributed by atoms with Gasteiger partial charge in [0.25, 0.3) is 0 Å². The van der Waals surface area contributed by atoms with Crippen molar-refractivity contribution in [2.75, 3.05) is 7.11 Å². The van der Waals surface area contributed by atoms with Crippen LogP contribution in [0.1, 0.15) is 91.4 Å². The summed E-state index contributed by atoms with van der Waals surface area (Å²) in [5.41, 5.74) is 0.507. The molecule has 28 heavy (non-hydrogen) atoms. The number of aliphatic hydroxyl groups is 1. The summed E-state index contributed by atoms with van der Waals surface area (Å²) in [5, 5.41) is 11.5. The lowest BCUT2D eigenvalue weighted by Gasteiger charge is -2.62. The number of hydrogen-bond acceptors (Lipinski definition) is 3. The summed E-state index contributed by atoms with van der Waals surface area (Å²) in [4.78, 5) is 11.6. The summed E-state index contributed by atoms with van der Waals surface area (Å²) in [7, 11) is 1.48. The smallest absolute Gasteiger partial charge is 0.305 e. The Morgan fingerprint density at radius 2 is 1.89 bits per heavy atom. The molecule has 0 spiro atoms. The van der Waals surface area contributed by atoms with E-state index in [1.54, 1.807) is 0 Å². The van der Waals surface area contributed by atoms with Crippen molar-refractivity contribution in [3.8, 4) is 0 Å². The lowest BCUT2D eigenvalue weighted by atomic mass is 9.44. The molecule has 1 N–H and O–H groups in total. The zero-order valence-corrected chi connectivity index (χ0v) is 18.6. The number of rotatable bonds is 4. The highest BCUT2D eigenvalue weighted by Gasteiger charge is 2.63. The highest BCUT2D eigenvalue weighted by molar-refractivity contribution is 5.69. The van der Waals surface area contributed by atoms with Crippen LogP contribution in [0.5, 0.6) is 0 Å². The first-order valence-electron chi connectivity index (χ1n) is 12.1. The van der Waals surface area contributed by atoms with Crippen molar-refractivity contribution in [1.82, 2.24) is 0 Å². The Kier molecular flexibility index (Phi) is 5.61. The van der Waals surface area contributed by atoms with Gasteiger partial charge in [-0.1, -0.05) is 33.6 Å². The number of aliphatic hydroxyl groups excluding tert-OH is 1. The maximum Gasteiger partial charge on any atom is 0.305 e. The van der Waals surface area contributed by atoms with Crippen LogP contribution >= 0.6 is 0 Å². The van der Waals surface area contributed by atoms with Crippen LogP contribution in [0.3, 0.4) is 0 Å². The van der Waals surface area contributed by atoms with Gasteiger partial charge in [-0.05, 0) is 97.7 Å². The topological polar surface area (TPSA) is 46.5 Å². The molecule has 4 fully saturated rings. The Morgan fingerprint density at radius 1 is 1.11 bits per heavy atom. The minimum absolute atomic E-state index is 0.0363. The summed E-state index contributed by atoms with van der Waals surface area (Å²) in [6.45, 7) is 7.29. The van der Waals surface area contributed by atoms with Gasteiger partial charge in [0, 0.05) is 6.42 Å². The van der Waals surface area contributed by atoms with Gasteiger partial charge in [0.05, 0.1) is 13.2 Å². The minimum atomic E-state index is -0.177. The minimum Gasteiger partial charge on any atom is -0.469 e. The highest BCUT2D eigenvalue weighted by Crippen LogP contribution is 2.68. The van der Waals surface area contributed by atoms with Crippen molar-refractivity contribution in [2.45, 2.75) is 97.5 Å². The Morgan fingerprint density at radius 3 is 2.64 bits per heavy atom. The van der Waals surface area contributed by atoms with Crippen molar-refractivity contribution in [3.63, 3.8) is 0 Å². The third-order valence-electron chi connectivity index (χ3n) is 10.5. The van der Waals surface area contributed by atoms with Crippen LogP contribution in [0, 0.1) is 46.3 Å². The second-order valence-corrected chi connectivity index (χ2v) is 11.3. The molecule has 4 saturated carbocycles. The third-order valence-corrected chi connectivity index (χ3v) is 10.5. The summed E-state index contributed by atoms with van der Waals surface area (Å²) in [6, 6.07) is 0. The fourth-order valence-corrected chi connectivity index (χ4v) is 8.87. The predicted molar refractivity (Wildman–Crippen MR) is 112 cm³/mol. The van der Waals surface area contributed by atoms with E-state index in [0.29, 0.717) is 29.6 Å². The second kappa shape index (κ2) is 7.60. The molecule has 0 unspecified atom stereocenters. The number of hydrogen-bond donors (Lipinski definition) is 1. The number of carbonyl (C=O) groups is 1. The van der Waals surface area contributed by atoms with E-state index in [2.05, 4.69) is 20.8 Å². The van der Waals surface area contributed by atoms with Crippen LogP contribution < -0.4 is 0 Å². The standard InChI is InChI=1S/C25H42O3/c1-16(8-13-23(27)28-4)19-11-12-20-18-10-9-17-7-5-6-14-24(17,2)21(18)15-22(26)25(19,20)3/h16-22,26H,5-15H2,1-4H3/t16-,17+,18+,19+,20-,21+,22+,24+,25+/m1/s1. The van der Waals surface area contributed by atoms with Gasteiger partial charge in [0.2, 0.25) is 0 Å². The van der Waals surface area contributed by atoms with Gasteiger partial charge < -0.3 is 9.84 Å². The Balaban J connectivity index is 1.54. The number of carbonyl (C=O) groups excluding carboxylic acids is 1. The lowest BCUT2D eigenvalue weighted by Crippen LogP contribution is -2.58. The van der Waals surface area contributed by atoms with Crippen LogP contribution in [-0.4, -0.2) is 24.3 Å². The molecule has 0 aliphatic heterocycles. The maximum absolute atomic E-state index is 11.6. The molecule has 160 valence electrons. The van der Waals surface area contributed by atoms with E-state index in [1.807, 2.05) is 0 Å². The first kappa shape index (κ1) is 20.7. The van der Waals surface area contributed by atoms with Crippen LogP contribution in [-0.2, 0) is 9.53 Å². The number of ether oxygens (including phenoxy) is 1. The summed E-state index contributed by atoms with van der Waals surface area (Å²) >= 11 is 0. The largest absolute Gasteiger partial charge is 0.469 e. The van der Waals surface area contributed by atoms with Crippen LogP contribution in [0.15, 0.2) is 0 Å². The molecular formula is C25H42O3. The molecule has 0 aromatic heterocycles. The van der Waals surface area contributed by atoms with Crippen LogP contribution in [0.4, 0.5) is 0 Å². The van der Waals surface area contributed by atoms with Gasteiger partial charge in [-0.15, -0.1) is 0 Å². The molecular weight excluding hydrogens is 348 g/mol. The quantitative estimate of drug-likeness (QED) is 0.636. The van der Waals surface area contributed by atoms with Crippen molar-refractivity contribution in [1.29, 1.82) is 0 Å². The van der Waals surface area contributed by atoms with Crippen molar-refractivity contribution in [3.05, 3.63) is 0 Å². The number of esters is 1. The van der Waals surface area contributed by atoms with Crippen LogP contribution in [0.2, 0.25) is 0 Å². The van der Waals surface area contributed by atoms with E-state index in [1.165, 1.54) is 58.5 Å². The molecule has 3 nitrogen and oxygen atoms in total. The van der Waals surface area contributed by atoms with E-state index in [0.717, 1.165) is 30.6 Å². The first-order valence-corrected chi connectivity index (χ1v) is 12.1. The number of fused-ring (bicyclic) bond motifs is 5. The summed E-state index contributed by atoms with van der Waals surface area (Å²) in [5.74, 6) is 4.02. The Bertz CT molecular complexity index is 588. The molecule has 4 rings (SSSR count). The molecule has 0 bridgehead atoms. The Labute approximate surface area is 172 Å². The van der Waals surface area contributed by atoms with Gasteiger partial charge in [-0.2, -0.15) is 0 Å². The van der Waals surface area contributed by atoms with Gasteiger partial charge in [-0.3, -0.25) is 4.79 Å². The zero-order chi connectivity index (χ0) is 20.1. The predicted octanol–water partition coefficient (Wildman–Crippen LogP) is 5.60. The molecule has 0 saturated heterocycles.